The first kappa shape index (κ1) is 37.0. The molecule has 0 spiro atoms. The Kier molecular flexibility index (Phi) is 12.2. The SMILES string of the molecule is CC(C)Cc1ccc2c(-c3[c-]c(C(C)C)cc4c3oc3ccccc34)ncc(C(C)C)c2c1.O=C(/C=C(\O)C1CCCC1)C1CCCC1.[Ir]. The number of fused-ring (bicyclic) bond motifs is 4. The molecule has 2 saturated carbocycles. The summed E-state index contributed by atoms with van der Waals surface area (Å²) in [5.41, 5.74) is 7.55. The maximum absolute atomic E-state index is 11.8. The van der Waals surface area contributed by atoms with Crippen LogP contribution >= 0.6 is 0 Å². The molecule has 0 atom stereocenters. The van der Waals surface area contributed by atoms with Crippen molar-refractivity contribution >= 4 is 38.5 Å². The zero-order valence-electron chi connectivity index (χ0n) is 30.1. The average Bonchev–Trinajstić information content (AvgIpc) is 3.85. The van der Waals surface area contributed by atoms with Gasteiger partial charge in [0.1, 0.15) is 5.58 Å². The van der Waals surface area contributed by atoms with E-state index in [9.17, 15) is 9.90 Å². The summed E-state index contributed by atoms with van der Waals surface area (Å²) < 4.78 is 6.40. The monoisotopic (exact) mass is 835 g/mol. The van der Waals surface area contributed by atoms with Crippen molar-refractivity contribution in [3.63, 3.8) is 0 Å². The number of aliphatic hydroxyl groups excluding tert-OH is 1. The summed E-state index contributed by atoms with van der Waals surface area (Å²) in [5.74, 6) is 2.38. The van der Waals surface area contributed by atoms with Gasteiger partial charge in [-0.25, -0.2) is 0 Å². The van der Waals surface area contributed by atoms with Gasteiger partial charge in [0.15, 0.2) is 5.78 Å². The van der Waals surface area contributed by atoms with Crippen LogP contribution in [-0.2, 0) is 31.3 Å². The molecule has 1 radical (unpaired) electrons. The number of hydrogen-bond acceptors (Lipinski definition) is 4. The maximum atomic E-state index is 11.8. The number of pyridine rings is 1. The molecule has 2 fully saturated rings. The summed E-state index contributed by atoms with van der Waals surface area (Å²) in [5, 5.41) is 14.6. The standard InChI is InChI=1S/C31H32NO.C13H20O2.Ir/c1-18(2)13-21-11-12-24-25(14-21)28(20(5)6)17-32-30(24)27-16-22(19(3)4)15-26-23-9-7-8-10-29(23)33-31(26)27;14-12(10-5-1-2-6-10)9-13(15)11-7-3-4-8-11;/h7-12,14-15,17-20H,13H2,1-6H3;9-11,14H,1-8H2;/q-1;;/b;12-9-;. The van der Waals surface area contributed by atoms with Gasteiger partial charge in [-0.2, -0.15) is 0 Å². The number of nitrogens with zero attached hydrogens (tertiary/aromatic N) is 1. The van der Waals surface area contributed by atoms with Gasteiger partial charge in [0, 0.05) is 49.6 Å². The van der Waals surface area contributed by atoms with Gasteiger partial charge in [-0.1, -0.05) is 115 Å². The Morgan fingerprint density at radius 2 is 1.53 bits per heavy atom. The van der Waals surface area contributed by atoms with Gasteiger partial charge in [-0.15, -0.1) is 17.7 Å². The second kappa shape index (κ2) is 16.2. The quantitative estimate of drug-likeness (QED) is 0.0961. The zero-order chi connectivity index (χ0) is 33.9. The van der Waals surface area contributed by atoms with E-state index < -0.39 is 0 Å². The molecule has 49 heavy (non-hydrogen) atoms. The second-order valence-corrected chi connectivity index (χ2v) is 15.2. The summed E-state index contributed by atoms with van der Waals surface area (Å²) in [6, 6.07) is 21.1. The van der Waals surface area contributed by atoms with Crippen LogP contribution in [0.25, 0.3) is 44.0 Å². The van der Waals surface area contributed by atoms with Crippen LogP contribution < -0.4 is 0 Å². The zero-order valence-corrected chi connectivity index (χ0v) is 32.5. The fourth-order valence-electron chi connectivity index (χ4n) is 7.65. The molecule has 1 N–H and O–H groups in total. The predicted molar refractivity (Wildman–Crippen MR) is 200 cm³/mol. The van der Waals surface area contributed by atoms with Crippen molar-refractivity contribution in [2.45, 2.75) is 111 Å². The molecule has 261 valence electrons. The average molecular weight is 835 g/mol. The van der Waals surface area contributed by atoms with Crippen LogP contribution in [0.15, 0.2) is 71.0 Å². The molecule has 2 aliphatic rings. The Balaban J connectivity index is 0.000000246. The van der Waals surface area contributed by atoms with Crippen molar-refractivity contribution in [3.8, 4) is 11.3 Å². The van der Waals surface area contributed by atoms with Crippen LogP contribution in [0.4, 0.5) is 0 Å². The smallest absolute Gasteiger partial charge is 0.162 e. The van der Waals surface area contributed by atoms with E-state index in [0.29, 0.717) is 23.5 Å². The van der Waals surface area contributed by atoms with E-state index in [-0.39, 0.29) is 37.7 Å². The van der Waals surface area contributed by atoms with Crippen molar-refractivity contribution in [2.75, 3.05) is 0 Å². The van der Waals surface area contributed by atoms with E-state index in [1.165, 1.54) is 59.2 Å². The predicted octanol–water partition coefficient (Wildman–Crippen LogP) is 12.4. The summed E-state index contributed by atoms with van der Waals surface area (Å²) in [4.78, 5) is 16.8. The van der Waals surface area contributed by atoms with Gasteiger partial charge in [0.05, 0.1) is 11.3 Å². The largest absolute Gasteiger partial charge is 0.512 e. The van der Waals surface area contributed by atoms with Crippen LogP contribution in [0, 0.1) is 23.8 Å². The van der Waals surface area contributed by atoms with Gasteiger partial charge in [0.2, 0.25) is 0 Å². The maximum Gasteiger partial charge on any atom is 0.162 e. The Labute approximate surface area is 306 Å². The molecule has 2 aromatic heterocycles. The summed E-state index contributed by atoms with van der Waals surface area (Å²) in [6.45, 7) is 13.5. The third-order valence-electron chi connectivity index (χ3n) is 10.4. The number of furan rings is 1. The van der Waals surface area contributed by atoms with E-state index in [4.69, 9.17) is 9.40 Å². The second-order valence-electron chi connectivity index (χ2n) is 15.2. The first-order chi connectivity index (χ1) is 23.1. The third kappa shape index (κ3) is 8.21. The number of aliphatic hydroxyl groups is 1. The number of carbonyl (C=O) groups is 1. The molecular weight excluding hydrogens is 783 g/mol. The van der Waals surface area contributed by atoms with E-state index >= 15 is 0 Å². The number of benzene rings is 3. The Hall–Kier alpha value is -3.27. The van der Waals surface area contributed by atoms with E-state index in [1.807, 2.05) is 12.1 Å². The van der Waals surface area contributed by atoms with Crippen LogP contribution in [0.2, 0.25) is 0 Å². The van der Waals surface area contributed by atoms with Gasteiger partial charge >= 0.3 is 0 Å². The number of ketones is 1. The molecule has 2 aliphatic carbocycles. The molecule has 2 heterocycles. The summed E-state index contributed by atoms with van der Waals surface area (Å²) >= 11 is 0. The minimum atomic E-state index is 0. The number of aromatic nitrogens is 1. The van der Waals surface area contributed by atoms with Gasteiger partial charge in [-0.3, -0.25) is 4.79 Å². The number of allylic oxidation sites excluding steroid dienone is 2. The Morgan fingerprint density at radius 1 is 0.857 bits per heavy atom. The van der Waals surface area contributed by atoms with Gasteiger partial charge in [-0.05, 0) is 83.5 Å². The molecule has 0 aliphatic heterocycles. The molecule has 0 bridgehead atoms. The van der Waals surface area contributed by atoms with E-state index in [1.54, 1.807) is 0 Å². The first-order valence-corrected chi connectivity index (χ1v) is 18.3. The molecule has 5 aromatic rings. The van der Waals surface area contributed by atoms with Crippen molar-refractivity contribution in [3.05, 3.63) is 89.3 Å². The van der Waals surface area contributed by atoms with Crippen molar-refractivity contribution in [1.82, 2.24) is 4.98 Å². The van der Waals surface area contributed by atoms with Crippen LogP contribution in [0.5, 0.6) is 0 Å². The molecule has 0 saturated heterocycles. The van der Waals surface area contributed by atoms with E-state index in [0.717, 1.165) is 65.3 Å². The summed E-state index contributed by atoms with van der Waals surface area (Å²) in [7, 11) is 0. The van der Waals surface area contributed by atoms with Crippen LogP contribution in [0.3, 0.4) is 0 Å². The third-order valence-corrected chi connectivity index (χ3v) is 10.4. The Bertz CT molecular complexity index is 1940. The fraction of sp³-hybridized carbons (Fsp3) is 0.455. The molecule has 4 nitrogen and oxygen atoms in total. The number of hydrogen-bond donors (Lipinski definition) is 1. The van der Waals surface area contributed by atoms with Crippen molar-refractivity contribution in [1.29, 1.82) is 0 Å². The molecule has 0 amide bonds. The number of para-hydroxylation sites is 1. The van der Waals surface area contributed by atoms with Gasteiger partial charge < -0.3 is 14.5 Å². The van der Waals surface area contributed by atoms with Crippen LogP contribution in [-0.4, -0.2) is 15.9 Å². The van der Waals surface area contributed by atoms with Crippen LogP contribution in [0.1, 0.15) is 121 Å². The number of carbonyl (C=O) groups excluding carboxylic acids is 1. The summed E-state index contributed by atoms with van der Waals surface area (Å²) in [6.07, 6.45) is 13.6. The van der Waals surface area contributed by atoms with Crippen molar-refractivity contribution in [2.24, 2.45) is 17.8 Å². The molecule has 7 rings (SSSR count). The first-order valence-electron chi connectivity index (χ1n) is 18.3. The van der Waals surface area contributed by atoms with Crippen molar-refractivity contribution < 1.29 is 34.4 Å². The minimum absolute atomic E-state index is 0. The topological polar surface area (TPSA) is 63.3 Å². The fourth-order valence-corrected chi connectivity index (χ4v) is 7.65. The molecule has 3 aromatic carbocycles. The Morgan fingerprint density at radius 3 is 2.18 bits per heavy atom. The minimum Gasteiger partial charge on any atom is -0.512 e. The normalized spacial score (nSPS) is 15.9. The molecular formula is C44H52IrNO3-. The molecule has 5 heteroatoms. The van der Waals surface area contributed by atoms with E-state index in [2.05, 4.69) is 90.2 Å². The molecule has 0 unspecified atom stereocenters. The number of rotatable bonds is 8. The van der Waals surface area contributed by atoms with Gasteiger partial charge in [0.25, 0.3) is 0 Å².